The minimum Gasteiger partial charge on any atom is -0.481 e. The van der Waals surface area contributed by atoms with Crippen LogP contribution in [0.1, 0.15) is 12.8 Å². The van der Waals surface area contributed by atoms with Crippen LogP contribution in [0.3, 0.4) is 0 Å². The average Bonchev–Trinajstić information content (AvgIpc) is 2.43. The predicted octanol–water partition coefficient (Wildman–Crippen LogP) is -3.35. The predicted molar refractivity (Wildman–Crippen MR) is 79.4 cm³/mol. The Bertz CT molecular complexity index is 499. The zero-order chi connectivity index (χ0) is 18.2. The molecule has 0 aliphatic heterocycles. The molecule has 0 aliphatic rings. The van der Waals surface area contributed by atoms with Gasteiger partial charge in [0.1, 0.15) is 12.1 Å². The van der Waals surface area contributed by atoms with Gasteiger partial charge < -0.3 is 32.3 Å². The third-order valence-corrected chi connectivity index (χ3v) is 2.96. The van der Waals surface area contributed by atoms with Crippen LogP contribution in [0.15, 0.2) is 0 Å². The number of hydrogen-bond acceptors (Lipinski definition) is 7. The number of carbonyl (C=O) groups is 5. The van der Waals surface area contributed by atoms with Crippen molar-refractivity contribution in [3.05, 3.63) is 0 Å². The molecule has 0 aromatic heterocycles. The van der Waals surface area contributed by atoms with Crippen LogP contribution in [0, 0.1) is 0 Å². The second-order valence-electron chi connectivity index (χ2n) is 4.52. The summed E-state index contributed by atoms with van der Waals surface area (Å²) in [7, 11) is 0. The van der Waals surface area contributed by atoms with E-state index < -0.39 is 60.6 Å². The highest BCUT2D eigenvalue weighted by molar-refractivity contribution is 7.80. The van der Waals surface area contributed by atoms with Crippen molar-refractivity contribution >= 4 is 42.3 Å². The van der Waals surface area contributed by atoms with Gasteiger partial charge >= 0.3 is 11.9 Å². The van der Waals surface area contributed by atoms with Gasteiger partial charge in [-0.2, -0.15) is 12.6 Å². The van der Waals surface area contributed by atoms with E-state index in [-0.39, 0.29) is 5.75 Å². The van der Waals surface area contributed by atoms with Crippen LogP contribution < -0.4 is 22.1 Å². The molecule has 23 heavy (non-hydrogen) atoms. The first-order valence-electron chi connectivity index (χ1n) is 6.28. The summed E-state index contributed by atoms with van der Waals surface area (Å²) < 4.78 is 0. The van der Waals surface area contributed by atoms with Crippen LogP contribution >= 0.6 is 12.6 Å². The number of rotatable bonds is 10. The van der Waals surface area contributed by atoms with E-state index in [0.29, 0.717) is 0 Å². The van der Waals surface area contributed by atoms with Crippen molar-refractivity contribution in [3.63, 3.8) is 0 Å². The number of carboxylic acid groups (broad SMARTS) is 2. The smallest absolute Gasteiger partial charge is 0.326 e. The largest absolute Gasteiger partial charge is 0.481 e. The molecule has 0 aliphatic carbocycles. The molecule has 0 aromatic carbocycles. The van der Waals surface area contributed by atoms with Crippen molar-refractivity contribution in [2.75, 3.05) is 5.75 Å². The van der Waals surface area contributed by atoms with Gasteiger partial charge in [0.25, 0.3) is 0 Å². The standard InChI is InChI=1S/C11H18N4O7S/c12-4(3-23)9(19)14-5(2-8(17)18)10(20)15-6(11(21)22)1-7(13)16/h4-6,23H,1-3,12H2,(H2,13,16)(H,14,19)(H,15,20)(H,17,18)(H,21,22)/t4-,5-,6-/m0/s1. The average molecular weight is 350 g/mol. The van der Waals surface area contributed by atoms with Gasteiger partial charge in [0, 0.05) is 5.75 Å². The van der Waals surface area contributed by atoms with E-state index in [1.165, 1.54) is 0 Å². The Morgan fingerprint density at radius 1 is 0.957 bits per heavy atom. The van der Waals surface area contributed by atoms with Crippen molar-refractivity contribution in [1.29, 1.82) is 0 Å². The number of nitrogens with one attached hydrogen (secondary N) is 2. The Morgan fingerprint density at radius 2 is 1.48 bits per heavy atom. The third-order valence-electron chi connectivity index (χ3n) is 2.57. The maximum Gasteiger partial charge on any atom is 0.326 e. The molecule has 3 amide bonds. The molecule has 0 rings (SSSR count). The van der Waals surface area contributed by atoms with E-state index in [9.17, 15) is 24.0 Å². The van der Waals surface area contributed by atoms with Gasteiger partial charge in [0.15, 0.2) is 0 Å². The number of aliphatic carboxylic acids is 2. The van der Waals surface area contributed by atoms with Crippen molar-refractivity contribution < 1.29 is 34.2 Å². The minimum absolute atomic E-state index is 0.0489. The number of nitrogens with two attached hydrogens (primary N) is 2. The molecule has 0 radical (unpaired) electrons. The Kier molecular flexibility index (Phi) is 8.65. The highest BCUT2D eigenvalue weighted by Crippen LogP contribution is 1.99. The van der Waals surface area contributed by atoms with Crippen molar-refractivity contribution in [2.24, 2.45) is 11.5 Å². The Labute approximate surface area is 136 Å². The van der Waals surface area contributed by atoms with Crippen molar-refractivity contribution in [1.82, 2.24) is 10.6 Å². The van der Waals surface area contributed by atoms with E-state index in [1.807, 2.05) is 5.32 Å². The van der Waals surface area contributed by atoms with Crippen LogP contribution in [0.2, 0.25) is 0 Å². The van der Waals surface area contributed by atoms with Gasteiger partial charge in [-0.05, 0) is 0 Å². The normalized spacial score (nSPS) is 14.2. The zero-order valence-electron chi connectivity index (χ0n) is 11.9. The van der Waals surface area contributed by atoms with E-state index in [2.05, 4.69) is 17.9 Å². The molecule has 0 bridgehead atoms. The topological polar surface area (TPSA) is 202 Å². The Balaban J connectivity index is 5.04. The number of amides is 3. The fraction of sp³-hybridized carbons (Fsp3) is 0.545. The lowest BCUT2D eigenvalue weighted by Gasteiger charge is -2.21. The lowest BCUT2D eigenvalue weighted by atomic mass is 10.1. The highest BCUT2D eigenvalue weighted by Gasteiger charge is 2.30. The van der Waals surface area contributed by atoms with Crippen LogP contribution in [-0.4, -0.2) is 63.8 Å². The maximum atomic E-state index is 12.0. The molecule has 0 saturated carbocycles. The van der Waals surface area contributed by atoms with Gasteiger partial charge in [-0.25, -0.2) is 4.79 Å². The second-order valence-corrected chi connectivity index (χ2v) is 4.88. The van der Waals surface area contributed by atoms with E-state index >= 15 is 0 Å². The van der Waals surface area contributed by atoms with E-state index in [0.717, 1.165) is 0 Å². The molecule has 0 saturated heterocycles. The molecule has 0 spiro atoms. The lowest BCUT2D eigenvalue weighted by Crippen LogP contribution is -2.55. The minimum atomic E-state index is -1.65. The van der Waals surface area contributed by atoms with Crippen LogP contribution in [-0.2, 0) is 24.0 Å². The Morgan fingerprint density at radius 3 is 1.87 bits per heavy atom. The number of primary amides is 1. The fourth-order valence-corrected chi connectivity index (χ4v) is 1.58. The third kappa shape index (κ3) is 8.01. The SMILES string of the molecule is NC(=O)C[C@H](NC(=O)[C@H](CC(=O)O)NC(=O)[C@@H](N)CS)C(=O)O. The van der Waals surface area contributed by atoms with Crippen molar-refractivity contribution in [3.8, 4) is 0 Å². The van der Waals surface area contributed by atoms with Crippen LogP contribution in [0.4, 0.5) is 0 Å². The molecule has 0 aromatic rings. The summed E-state index contributed by atoms with van der Waals surface area (Å²) in [6.45, 7) is 0. The summed E-state index contributed by atoms with van der Waals surface area (Å²) in [6, 6.07) is -4.30. The monoisotopic (exact) mass is 350 g/mol. The highest BCUT2D eigenvalue weighted by atomic mass is 32.1. The van der Waals surface area contributed by atoms with Crippen molar-refractivity contribution in [2.45, 2.75) is 31.0 Å². The molecular weight excluding hydrogens is 332 g/mol. The number of thiol groups is 1. The van der Waals surface area contributed by atoms with Gasteiger partial charge in [-0.15, -0.1) is 0 Å². The van der Waals surface area contributed by atoms with Gasteiger partial charge in [-0.1, -0.05) is 0 Å². The van der Waals surface area contributed by atoms with E-state index in [1.54, 1.807) is 0 Å². The first kappa shape index (κ1) is 20.7. The number of hydrogen-bond donors (Lipinski definition) is 7. The molecular formula is C11H18N4O7S. The van der Waals surface area contributed by atoms with Gasteiger partial charge in [0.05, 0.1) is 18.9 Å². The Hall–Kier alpha value is -2.34. The summed E-state index contributed by atoms with van der Waals surface area (Å²) in [5.74, 6) is -5.90. The zero-order valence-corrected chi connectivity index (χ0v) is 12.8. The summed E-state index contributed by atoms with van der Waals surface area (Å²) in [5, 5.41) is 21.7. The second kappa shape index (κ2) is 9.63. The molecule has 11 nitrogen and oxygen atoms in total. The number of carboxylic acids is 2. The van der Waals surface area contributed by atoms with Gasteiger partial charge in [-0.3, -0.25) is 19.2 Å². The first-order chi connectivity index (χ1) is 10.6. The molecule has 8 N–H and O–H groups in total. The molecule has 0 heterocycles. The summed E-state index contributed by atoms with van der Waals surface area (Å²) >= 11 is 3.79. The maximum absolute atomic E-state index is 12.0. The lowest BCUT2D eigenvalue weighted by molar-refractivity contribution is -0.144. The molecule has 0 fully saturated rings. The molecule has 130 valence electrons. The summed E-state index contributed by atoms with van der Waals surface area (Å²) in [6.07, 6.45) is -1.50. The molecule has 3 atom stereocenters. The van der Waals surface area contributed by atoms with Crippen LogP contribution in [0.25, 0.3) is 0 Å². The first-order valence-corrected chi connectivity index (χ1v) is 6.91. The number of carbonyl (C=O) groups excluding carboxylic acids is 3. The molecule has 0 unspecified atom stereocenters. The van der Waals surface area contributed by atoms with Crippen LogP contribution in [0.5, 0.6) is 0 Å². The molecule has 12 heteroatoms. The van der Waals surface area contributed by atoms with Gasteiger partial charge in [0.2, 0.25) is 17.7 Å². The summed E-state index contributed by atoms with van der Waals surface area (Å²) in [4.78, 5) is 56.0. The quantitative estimate of drug-likeness (QED) is 0.198. The van der Waals surface area contributed by atoms with E-state index in [4.69, 9.17) is 21.7 Å². The fourth-order valence-electron chi connectivity index (χ4n) is 1.42. The summed E-state index contributed by atoms with van der Waals surface area (Å²) in [5.41, 5.74) is 10.2.